The molecule has 1 aromatic carbocycles. The Balaban J connectivity index is 1.36. The van der Waals surface area contributed by atoms with E-state index in [-0.39, 0.29) is 18.0 Å². The first-order chi connectivity index (χ1) is 11.7. The summed E-state index contributed by atoms with van der Waals surface area (Å²) in [5, 5.41) is 3.96. The number of fused-ring (bicyclic) bond motifs is 1. The average Bonchev–Trinajstić information content (AvgIpc) is 3.14. The van der Waals surface area contributed by atoms with Crippen molar-refractivity contribution in [3.8, 4) is 0 Å². The van der Waals surface area contributed by atoms with E-state index in [1.807, 2.05) is 6.07 Å². The van der Waals surface area contributed by atoms with Crippen molar-refractivity contribution in [2.45, 2.75) is 19.0 Å². The molecule has 1 atom stereocenters. The van der Waals surface area contributed by atoms with Crippen molar-refractivity contribution in [3.63, 3.8) is 0 Å². The summed E-state index contributed by atoms with van der Waals surface area (Å²) in [7, 11) is 0. The van der Waals surface area contributed by atoms with Gasteiger partial charge in [-0.3, -0.25) is 9.80 Å². The molecule has 2 aliphatic rings. The monoisotopic (exact) mass is 332 g/mol. The maximum atomic E-state index is 13.2. The molecular weight excluding hydrogens is 315 g/mol. The van der Waals surface area contributed by atoms with Gasteiger partial charge >= 0.3 is 6.09 Å². The molecule has 0 aliphatic carbocycles. The number of carbonyl (C=O) groups excluding carboxylic acids is 1. The summed E-state index contributed by atoms with van der Waals surface area (Å²) in [6.07, 6.45) is 0.204. The van der Waals surface area contributed by atoms with E-state index in [9.17, 15) is 9.18 Å². The smallest absolute Gasteiger partial charge is 0.410 e. The zero-order chi connectivity index (χ0) is 16.5. The fourth-order valence-corrected chi connectivity index (χ4v) is 3.14. The number of benzene rings is 1. The van der Waals surface area contributed by atoms with Gasteiger partial charge in [0.15, 0.2) is 5.82 Å². The van der Waals surface area contributed by atoms with E-state index >= 15 is 0 Å². The minimum atomic E-state index is -0.276. The Morgan fingerprint density at radius 1 is 1.33 bits per heavy atom. The first kappa shape index (κ1) is 15.1. The quantitative estimate of drug-likeness (QED) is 0.844. The molecule has 0 radical (unpaired) electrons. The molecule has 1 amide bonds. The van der Waals surface area contributed by atoms with Crippen LogP contribution in [-0.2, 0) is 17.7 Å². The standard InChI is InChI=1S/C16H17FN4O3/c17-12-3-1-2-11(6-12)7-14-18-15(24-19-14)9-20-4-5-21-13(8-20)10-23-16(21)22/h1-3,6,13H,4-5,7-10H2. The number of nitrogens with zero attached hydrogens (tertiary/aromatic N) is 4. The van der Waals surface area contributed by atoms with Gasteiger partial charge in [0.2, 0.25) is 5.89 Å². The number of ether oxygens (including phenoxy) is 1. The highest BCUT2D eigenvalue weighted by molar-refractivity contribution is 5.70. The number of hydrogen-bond acceptors (Lipinski definition) is 6. The van der Waals surface area contributed by atoms with Crippen LogP contribution in [0.3, 0.4) is 0 Å². The fourth-order valence-electron chi connectivity index (χ4n) is 3.14. The van der Waals surface area contributed by atoms with Crippen LogP contribution in [-0.4, -0.2) is 58.3 Å². The van der Waals surface area contributed by atoms with Crippen LogP contribution in [0.4, 0.5) is 9.18 Å². The van der Waals surface area contributed by atoms with E-state index in [1.54, 1.807) is 11.0 Å². The van der Waals surface area contributed by atoms with Crippen LogP contribution in [0.25, 0.3) is 0 Å². The molecule has 1 unspecified atom stereocenters. The molecule has 24 heavy (non-hydrogen) atoms. The van der Waals surface area contributed by atoms with Crippen molar-refractivity contribution in [2.75, 3.05) is 26.2 Å². The number of halogens is 1. The Hall–Kier alpha value is -2.48. The van der Waals surface area contributed by atoms with Gasteiger partial charge in [0.25, 0.3) is 0 Å². The Morgan fingerprint density at radius 2 is 2.25 bits per heavy atom. The second-order valence-corrected chi connectivity index (χ2v) is 6.07. The molecule has 0 N–H and O–H groups in total. The summed E-state index contributed by atoms with van der Waals surface area (Å²) >= 11 is 0. The molecule has 2 fully saturated rings. The number of hydrogen-bond donors (Lipinski definition) is 0. The maximum absolute atomic E-state index is 13.2. The van der Waals surface area contributed by atoms with Crippen molar-refractivity contribution in [1.29, 1.82) is 0 Å². The summed E-state index contributed by atoms with van der Waals surface area (Å²) in [4.78, 5) is 19.8. The highest BCUT2D eigenvalue weighted by Gasteiger charge is 2.37. The number of piperazine rings is 1. The summed E-state index contributed by atoms with van der Waals surface area (Å²) in [6.45, 7) is 3.09. The van der Waals surface area contributed by atoms with Crippen LogP contribution in [0.2, 0.25) is 0 Å². The first-order valence-electron chi connectivity index (χ1n) is 7.89. The lowest BCUT2D eigenvalue weighted by Gasteiger charge is -2.34. The maximum Gasteiger partial charge on any atom is 0.410 e. The average molecular weight is 332 g/mol. The van der Waals surface area contributed by atoms with E-state index in [0.29, 0.717) is 37.8 Å². The third-order valence-corrected chi connectivity index (χ3v) is 4.32. The van der Waals surface area contributed by atoms with E-state index < -0.39 is 0 Å². The molecule has 1 aromatic heterocycles. The SMILES string of the molecule is O=C1OCC2CN(Cc3nc(Cc4cccc(F)c4)no3)CCN12. The van der Waals surface area contributed by atoms with Crippen LogP contribution in [0.1, 0.15) is 17.3 Å². The second-order valence-electron chi connectivity index (χ2n) is 6.07. The van der Waals surface area contributed by atoms with Gasteiger partial charge in [-0.2, -0.15) is 4.98 Å². The molecule has 8 heteroatoms. The Morgan fingerprint density at radius 3 is 3.12 bits per heavy atom. The van der Waals surface area contributed by atoms with Gasteiger partial charge in [-0.25, -0.2) is 9.18 Å². The molecule has 2 saturated heterocycles. The Kier molecular flexibility index (Phi) is 3.89. The summed E-state index contributed by atoms with van der Waals surface area (Å²) in [5.74, 6) is 0.788. The van der Waals surface area contributed by atoms with Crippen molar-refractivity contribution in [2.24, 2.45) is 0 Å². The van der Waals surface area contributed by atoms with Crippen molar-refractivity contribution in [1.82, 2.24) is 19.9 Å². The molecule has 2 aliphatic heterocycles. The largest absolute Gasteiger partial charge is 0.447 e. The third-order valence-electron chi connectivity index (χ3n) is 4.32. The molecule has 2 aromatic rings. The van der Waals surface area contributed by atoms with Crippen LogP contribution in [0, 0.1) is 5.82 Å². The van der Waals surface area contributed by atoms with Gasteiger partial charge in [0.05, 0.1) is 12.6 Å². The normalized spacial score (nSPS) is 21.0. The number of carbonyl (C=O) groups is 1. The summed E-state index contributed by atoms with van der Waals surface area (Å²) in [6, 6.07) is 6.46. The van der Waals surface area contributed by atoms with Gasteiger partial charge in [-0.1, -0.05) is 17.3 Å². The Labute approximate surface area is 138 Å². The van der Waals surface area contributed by atoms with E-state index in [4.69, 9.17) is 9.26 Å². The zero-order valence-corrected chi connectivity index (χ0v) is 13.0. The van der Waals surface area contributed by atoms with Crippen LogP contribution < -0.4 is 0 Å². The van der Waals surface area contributed by atoms with E-state index in [0.717, 1.165) is 18.7 Å². The highest BCUT2D eigenvalue weighted by atomic mass is 19.1. The predicted octanol–water partition coefficient (Wildman–Crippen LogP) is 1.44. The second kappa shape index (κ2) is 6.20. The fraction of sp³-hybridized carbons (Fsp3) is 0.438. The molecule has 0 spiro atoms. The van der Waals surface area contributed by atoms with Gasteiger partial charge < -0.3 is 9.26 Å². The highest BCUT2D eigenvalue weighted by Crippen LogP contribution is 2.19. The Bertz CT molecular complexity index is 750. The number of rotatable bonds is 4. The van der Waals surface area contributed by atoms with Crippen LogP contribution >= 0.6 is 0 Å². The van der Waals surface area contributed by atoms with Crippen molar-refractivity contribution >= 4 is 6.09 Å². The number of cyclic esters (lactones) is 1. The lowest BCUT2D eigenvalue weighted by molar-refractivity contribution is 0.107. The van der Waals surface area contributed by atoms with Crippen molar-refractivity contribution < 1.29 is 18.4 Å². The van der Waals surface area contributed by atoms with Gasteiger partial charge in [-0.05, 0) is 17.7 Å². The van der Waals surface area contributed by atoms with Gasteiger partial charge in [-0.15, -0.1) is 0 Å². The molecular formula is C16H17FN4O3. The number of amides is 1. The van der Waals surface area contributed by atoms with Gasteiger partial charge in [0, 0.05) is 26.1 Å². The molecule has 126 valence electrons. The summed E-state index contributed by atoms with van der Waals surface area (Å²) in [5.41, 5.74) is 0.803. The molecule has 7 nitrogen and oxygen atoms in total. The first-order valence-corrected chi connectivity index (χ1v) is 7.89. The minimum absolute atomic E-state index is 0.0981. The van der Waals surface area contributed by atoms with Gasteiger partial charge in [0.1, 0.15) is 12.4 Å². The van der Waals surface area contributed by atoms with Crippen molar-refractivity contribution in [3.05, 3.63) is 47.4 Å². The van der Waals surface area contributed by atoms with E-state index in [2.05, 4.69) is 15.0 Å². The molecule has 3 heterocycles. The third kappa shape index (κ3) is 3.09. The number of aromatic nitrogens is 2. The lowest BCUT2D eigenvalue weighted by atomic mass is 10.1. The topological polar surface area (TPSA) is 71.7 Å². The molecule has 0 saturated carbocycles. The van der Waals surface area contributed by atoms with Crippen LogP contribution in [0.5, 0.6) is 0 Å². The predicted molar refractivity (Wildman–Crippen MR) is 80.6 cm³/mol. The van der Waals surface area contributed by atoms with Crippen LogP contribution in [0.15, 0.2) is 28.8 Å². The molecule has 0 bridgehead atoms. The lowest BCUT2D eigenvalue weighted by Crippen LogP contribution is -2.51. The van der Waals surface area contributed by atoms with E-state index in [1.165, 1.54) is 12.1 Å². The summed E-state index contributed by atoms with van der Waals surface area (Å²) < 4.78 is 23.6. The zero-order valence-electron chi connectivity index (χ0n) is 13.0. The minimum Gasteiger partial charge on any atom is -0.447 e. The molecule has 4 rings (SSSR count).